The maximum Gasteiger partial charge on any atom is 0.252 e. The topological polar surface area (TPSA) is 95.1 Å². The molecule has 0 aliphatic carbocycles. The highest BCUT2D eigenvalue weighted by Crippen LogP contribution is 2.29. The monoisotopic (exact) mass is 287 g/mol. The molecule has 0 aliphatic heterocycles. The number of halogens is 1. The van der Waals surface area contributed by atoms with E-state index in [2.05, 4.69) is 4.98 Å². The molecule has 0 atom stereocenters. The molecule has 6 heteroatoms. The van der Waals surface area contributed by atoms with Crippen molar-refractivity contribution in [2.24, 2.45) is 5.73 Å². The lowest BCUT2D eigenvalue weighted by Gasteiger charge is -1.98. The van der Waals surface area contributed by atoms with Crippen molar-refractivity contribution in [1.82, 2.24) is 4.98 Å². The van der Waals surface area contributed by atoms with Gasteiger partial charge in [-0.05, 0) is 36.4 Å². The van der Waals surface area contributed by atoms with Gasteiger partial charge in [-0.2, -0.15) is 0 Å². The van der Waals surface area contributed by atoms with Crippen LogP contribution in [0.5, 0.6) is 0 Å². The van der Waals surface area contributed by atoms with E-state index >= 15 is 0 Å². The number of aromatic nitrogens is 1. The van der Waals surface area contributed by atoms with Gasteiger partial charge in [0.1, 0.15) is 5.52 Å². The number of nitrogen functional groups attached to an aromatic ring is 1. The van der Waals surface area contributed by atoms with Crippen LogP contribution in [0.3, 0.4) is 0 Å². The molecule has 3 rings (SSSR count). The highest BCUT2D eigenvalue weighted by atomic mass is 35.5. The van der Waals surface area contributed by atoms with E-state index in [4.69, 9.17) is 27.5 Å². The SMILES string of the molecule is NC(=O)c1cc(N)cc2nc(-c3ccc(Cl)cc3)oc12. The van der Waals surface area contributed by atoms with Gasteiger partial charge in [0.15, 0.2) is 5.58 Å². The minimum atomic E-state index is -0.610. The standard InChI is InChI=1S/C14H10ClN3O2/c15-8-3-1-7(2-4-8)14-18-11-6-9(16)5-10(13(17)19)12(11)20-14/h1-6H,16H2,(H2,17,19). The molecule has 0 spiro atoms. The van der Waals surface area contributed by atoms with Gasteiger partial charge < -0.3 is 15.9 Å². The molecular weight excluding hydrogens is 278 g/mol. The van der Waals surface area contributed by atoms with Crippen molar-refractivity contribution in [2.45, 2.75) is 0 Å². The third-order valence-electron chi connectivity index (χ3n) is 2.87. The number of benzene rings is 2. The number of hydrogen-bond donors (Lipinski definition) is 2. The maximum atomic E-state index is 11.4. The van der Waals surface area contributed by atoms with Gasteiger partial charge in [-0.15, -0.1) is 0 Å². The zero-order valence-electron chi connectivity index (χ0n) is 10.3. The molecule has 0 aliphatic rings. The number of hydrogen-bond acceptors (Lipinski definition) is 4. The van der Waals surface area contributed by atoms with Crippen molar-refractivity contribution >= 4 is 34.3 Å². The number of carbonyl (C=O) groups is 1. The Morgan fingerprint density at radius 3 is 2.55 bits per heavy atom. The van der Waals surface area contributed by atoms with E-state index in [0.717, 1.165) is 5.56 Å². The Labute approximate surface area is 119 Å². The summed E-state index contributed by atoms with van der Waals surface area (Å²) in [7, 11) is 0. The highest BCUT2D eigenvalue weighted by Gasteiger charge is 2.15. The summed E-state index contributed by atoms with van der Waals surface area (Å²) in [5.41, 5.74) is 13.2. The number of primary amides is 1. The Morgan fingerprint density at radius 1 is 1.20 bits per heavy atom. The van der Waals surface area contributed by atoms with Gasteiger partial charge in [0.2, 0.25) is 5.89 Å². The summed E-state index contributed by atoms with van der Waals surface area (Å²) in [5.74, 6) is -0.231. The molecule has 0 unspecified atom stereocenters. The minimum absolute atomic E-state index is 0.215. The summed E-state index contributed by atoms with van der Waals surface area (Å²) in [6.07, 6.45) is 0. The van der Waals surface area contributed by atoms with E-state index < -0.39 is 5.91 Å². The number of amides is 1. The van der Waals surface area contributed by atoms with Gasteiger partial charge >= 0.3 is 0 Å². The number of oxazole rings is 1. The second-order valence-electron chi connectivity index (χ2n) is 4.31. The number of nitrogens with zero attached hydrogens (tertiary/aromatic N) is 1. The molecule has 0 bridgehead atoms. The van der Waals surface area contributed by atoms with Crippen LogP contribution < -0.4 is 11.5 Å². The molecule has 5 nitrogen and oxygen atoms in total. The Bertz CT molecular complexity index is 809. The first-order valence-electron chi connectivity index (χ1n) is 5.80. The molecule has 0 saturated heterocycles. The van der Waals surface area contributed by atoms with Crippen molar-refractivity contribution in [3.05, 3.63) is 47.0 Å². The van der Waals surface area contributed by atoms with Gasteiger partial charge in [0, 0.05) is 16.3 Å². The van der Waals surface area contributed by atoms with Gasteiger partial charge in [-0.25, -0.2) is 4.98 Å². The van der Waals surface area contributed by atoms with Gasteiger partial charge in [-0.3, -0.25) is 4.79 Å². The van der Waals surface area contributed by atoms with Crippen LogP contribution in [-0.2, 0) is 0 Å². The van der Waals surface area contributed by atoms with Crippen molar-refractivity contribution in [3.8, 4) is 11.5 Å². The summed E-state index contributed by atoms with van der Waals surface area (Å²) < 4.78 is 5.63. The lowest BCUT2D eigenvalue weighted by atomic mass is 10.1. The normalized spacial score (nSPS) is 10.8. The average molecular weight is 288 g/mol. The van der Waals surface area contributed by atoms with E-state index in [1.807, 2.05) is 0 Å². The molecule has 0 saturated carbocycles. The third-order valence-corrected chi connectivity index (χ3v) is 3.12. The van der Waals surface area contributed by atoms with Crippen LogP contribution in [0.15, 0.2) is 40.8 Å². The molecular formula is C14H10ClN3O2. The summed E-state index contributed by atoms with van der Waals surface area (Å²) in [5, 5.41) is 0.618. The van der Waals surface area contributed by atoms with Crippen molar-refractivity contribution < 1.29 is 9.21 Å². The molecule has 2 aromatic carbocycles. The van der Waals surface area contributed by atoms with E-state index in [1.54, 1.807) is 30.3 Å². The number of fused-ring (bicyclic) bond motifs is 1. The molecule has 100 valence electrons. The van der Waals surface area contributed by atoms with Crippen LogP contribution in [0.1, 0.15) is 10.4 Å². The van der Waals surface area contributed by atoms with Crippen molar-refractivity contribution in [3.63, 3.8) is 0 Å². The largest absolute Gasteiger partial charge is 0.435 e. The zero-order chi connectivity index (χ0) is 14.3. The number of carbonyl (C=O) groups excluding carboxylic acids is 1. The first-order chi connectivity index (χ1) is 9.54. The van der Waals surface area contributed by atoms with Gasteiger partial charge in [-0.1, -0.05) is 11.6 Å². The number of nitrogens with two attached hydrogens (primary N) is 2. The first kappa shape index (κ1) is 12.5. The van der Waals surface area contributed by atoms with E-state index in [9.17, 15) is 4.79 Å². The van der Waals surface area contributed by atoms with E-state index in [0.29, 0.717) is 27.7 Å². The van der Waals surface area contributed by atoms with Gasteiger partial charge in [0.25, 0.3) is 5.91 Å². The lowest BCUT2D eigenvalue weighted by molar-refractivity contribution is 0.100. The van der Waals surface area contributed by atoms with Crippen LogP contribution >= 0.6 is 11.6 Å². The fourth-order valence-electron chi connectivity index (χ4n) is 1.95. The summed E-state index contributed by atoms with van der Waals surface area (Å²) >= 11 is 5.84. The lowest BCUT2D eigenvalue weighted by Crippen LogP contribution is -2.11. The Balaban J connectivity index is 2.22. The highest BCUT2D eigenvalue weighted by molar-refractivity contribution is 6.30. The molecule has 1 heterocycles. The first-order valence-corrected chi connectivity index (χ1v) is 6.18. The quantitative estimate of drug-likeness (QED) is 0.708. The van der Waals surface area contributed by atoms with Crippen LogP contribution in [0.2, 0.25) is 5.02 Å². The van der Waals surface area contributed by atoms with Crippen LogP contribution in [0, 0.1) is 0 Å². The van der Waals surface area contributed by atoms with Gasteiger partial charge in [0.05, 0.1) is 5.56 Å². The third kappa shape index (κ3) is 2.08. The predicted molar refractivity (Wildman–Crippen MR) is 77.4 cm³/mol. The van der Waals surface area contributed by atoms with Crippen LogP contribution in [0.4, 0.5) is 5.69 Å². The second-order valence-corrected chi connectivity index (χ2v) is 4.74. The summed E-state index contributed by atoms with van der Waals surface area (Å²) in [6.45, 7) is 0. The molecule has 0 radical (unpaired) electrons. The van der Waals surface area contributed by atoms with E-state index in [-0.39, 0.29) is 5.56 Å². The zero-order valence-corrected chi connectivity index (χ0v) is 11.0. The Kier molecular flexibility index (Phi) is 2.84. The minimum Gasteiger partial charge on any atom is -0.435 e. The van der Waals surface area contributed by atoms with Crippen molar-refractivity contribution in [1.29, 1.82) is 0 Å². The smallest absolute Gasteiger partial charge is 0.252 e. The molecule has 4 N–H and O–H groups in total. The van der Waals surface area contributed by atoms with Crippen LogP contribution in [-0.4, -0.2) is 10.9 Å². The molecule has 0 fully saturated rings. The van der Waals surface area contributed by atoms with E-state index in [1.165, 1.54) is 6.07 Å². The second kappa shape index (κ2) is 4.54. The average Bonchev–Trinajstić information content (AvgIpc) is 2.81. The summed E-state index contributed by atoms with van der Waals surface area (Å²) in [6, 6.07) is 10.1. The Morgan fingerprint density at radius 2 is 1.90 bits per heavy atom. The predicted octanol–water partition coefficient (Wildman–Crippen LogP) is 2.83. The summed E-state index contributed by atoms with van der Waals surface area (Å²) in [4.78, 5) is 15.7. The number of anilines is 1. The number of rotatable bonds is 2. The van der Waals surface area contributed by atoms with Crippen LogP contribution in [0.25, 0.3) is 22.6 Å². The fraction of sp³-hybridized carbons (Fsp3) is 0. The molecule has 1 aromatic heterocycles. The molecule has 1 amide bonds. The fourth-order valence-corrected chi connectivity index (χ4v) is 2.08. The van der Waals surface area contributed by atoms with Crippen molar-refractivity contribution in [2.75, 3.05) is 5.73 Å². The maximum absolute atomic E-state index is 11.4. The molecule has 20 heavy (non-hydrogen) atoms. The molecule has 3 aromatic rings. The Hall–Kier alpha value is -2.53.